The van der Waals surface area contributed by atoms with E-state index < -0.39 is 11.9 Å². The highest BCUT2D eigenvalue weighted by Gasteiger charge is 2.24. The second-order valence-corrected chi connectivity index (χ2v) is 4.01. The maximum absolute atomic E-state index is 11.3. The molecule has 0 aliphatic carbocycles. The summed E-state index contributed by atoms with van der Waals surface area (Å²) in [5, 5.41) is 12.1. The lowest BCUT2D eigenvalue weighted by atomic mass is 9.96. The van der Waals surface area contributed by atoms with E-state index in [0.717, 1.165) is 5.56 Å². The highest BCUT2D eigenvalue weighted by molar-refractivity contribution is 5.78. The largest absolute Gasteiger partial charge is 0.496 e. The molecular weight excluding hydrogens is 234 g/mol. The van der Waals surface area contributed by atoms with Crippen LogP contribution in [0.5, 0.6) is 11.5 Å². The van der Waals surface area contributed by atoms with Crippen LogP contribution in [0.4, 0.5) is 0 Å². The van der Waals surface area contributed by atoms with E-state index in [1.54, 1.807) is 26.3 Å². The first-order chi connectivity index (χ1) is 8.54. The van der Waals surface area contributed by atoms with Gasteiger partial charge in [-0.3, -0.25) is 4.79 Å². The van der Waals surface area contributed by atoms with Crippen LogP contribution in [0.25, 0.3) is 0 Å². The van der Waals surface area contributed by atoms with Crippen LogP contribution in [-0.2, 0) is 4.79 Å². The molecule has 0 heterocycles. The van der Waals surface area contributed by atoms with Gasteiger partial charge in [-0.15, -0.1) is 0 Å². The van der Waals surface area contributed by atoms with E-state index in [1.165, 1.54) is 7.11 Å². The normalized spacial score (nSPS) is 12.0. The summed E-state index contributed by atoms with van der Waals surface area (Å²) in [4.78, 5) is 11.3. The first-order valence-corrected chi connectivity index (χ1v) is 5.65. The Balaban J connectivity index is 3.30. The number of aryl methyl sites for hydroxylation is 1. The fraction of sp³-hybridized carbons (Fsp3) is 0.462. The van der Waals surface area contributed by atoms with Crippen molar-refractivity contribution in [3.63, 3.8) is 0 Å². The number of carboxylic acid groups (broad SMARTS) is 1. The Kier molecular flexibility index (Phi) is 4.97. The molecule has 0 radical (unpaired) electrons. The highest BCUT2D eigenvalue weighted by Crippen LogP contribution is 2.33. The van der Waals surface area contributed by atoms with E-state index in [4.69, 9.17) is 9.47 Å². The molecule has 0 aromatic heterocycles. The van der Waals surface area contributed by atoms with Crippen LogP contribution >= 0.6 is 0 Å². The van der Waals surface area contributed by atoms with Gasteiger partial charge in [0.15, 0.2) is 0 Å². The molecule has 1 atom stereocenters. The molecule has 0 saturated heterocycles. The standard InChI is InChI=1S/C13H19NO4/c1-8-5-12(18-4)9(6-11(8)17-3)10(7-14-2)13(15)16/h5-6,10,14H,7H2,1-4H3,(H,15,16). The lowest BCUT2D eigenvalue weighted by Gasteiger charge is -2.18. The second-order valence-electron chi connectivity index (χ2n) is 4.01. The number of carbonyl (C=O) groups is 1. The second kappa shape index (κ2) is 6.26. The minimum absolute atomic E-state index is 0.331. The quantitative estimate of drug-likeness (QED) is 0.802. The van der Waals surface area contributed by atoms with Gasteiger partial charge in [0.2, 0.25) is 0 Å². The van der Waals surface area contributed by atoms with Crippen LogP contribution in [0.3, 0.4) is 0 Å². The zero-order valence-corrected chi connectivity index (χ0v) is 11.1. The van der Waals surface area contributed by atoms with Crippen molar-refractivity contribution in [1.82, 2.24) is 5.32 Å². The van der Waals surface area contributed by atoms with Crippen molar-refractivity contribution < 1.29 is 19.4 Å². The molecule has 2 N–H and O–H groups in total. The third kappa shape index (κ3) is 2.92. The van der Waals surface area contributed by atoms with E-state index >= 15 is 0 Å². The average Bonchev–Trinajstić information content (AvgIpc) is 2.35. The smallest absolute Gasteiger partial charge is 0.312 e. The van der Waals surface area contributed by atoms with Crippen molar-refractivity contribution in [2.45, 2.75) is 12.8 Å². The Bertz CT molecular complexity index is 431. The van der Waals surface area contributed by atoms with Crippen LogP contribution in [0.15, 0.2) is 12.1 Å². The van der Waals surface area contributed by atoms with Crippen molar-refractivity contribution in [3.8, 4) is 11.5 Å². The molecule has 0 amide bonds. The monoisotopic (exact) mass is 253 g/mol. The van der Waals surface area contributed by atoms with E-state index in [2.05, 4.69) is 5.32 Å². The van der Waals surface area contributed by atoms with Gasteiger partial charge in [0, 0.05) is 12.1 Å². The van der Waals surface area contributed by atoms with Crippen molar-refractivity contribution >= 4 is 5.97 Å². The Morgan fingerprint density at radius 3 is 2.39 bits per heavy atom. The molecule has 0 aliphatic rings. The van der Waals surface area contributed by atoms with Crippen LogP contribution in [-0.4, -0.2) is 38.9 Å². The molecule has 0 bridgehead atoms. The zero-order chi connectivity index (χ0) is 13.7. The predicted molar refractivity (Wildman–Crippen MR) is 68.6 cm³/mol. The van der Waals surface area contributed by atoms with Gasteiger partial charge in [-0.05, 0) is 31.7 Å². The summed E-state index contributed by atoms with van der Waals surface area (Å²) in [5.74, 6) is -0.336. The molecule has 1 unspecified atom stereocenters. The number of hydrogen-bond donors (Lipinski definition) is 2. The number of benzene rings is 1. The first kappa shape index (κ1) is 14.3. The van der Waals surface area contributed by atoms with Gasteiger partial charge in [0.1, 0.15) is 11.5 Å². The van der Waals surface area contributed by atoms with Crippen molar-refractivity contribution in [2.75, 3.05) is 27.8 Å². The molecule has 0 aliphatic heterocycles. The number of nitrogens with one attached hydrogen (secondary N) is 1. The molecule has 5 nitrogen and oxygen atoms in total. The van der Waals surface area contributed by atoms with E-state index in [-0.39, 0.29) is 0 Å². The molecule has 1 rings (SSSR count). The molecule has 5 heteroatoms. The van der Waals surface area contributed by atoms with Crippen molar-refractivity contribution in [3.05, 3.63) is 23.3 Å². The molecule has 0 saturated carbocycles. The number of hydrogen-bond acceptors (Lipinski definition) is 4. The van der Waals surface area contributed by atoms with Crippen molar-refractivity contribution in [2.24, 2.45) is 0 Å². The number of aliphatic carboxylic acids is 1. The summed E-state index contributed by atoms with van der Waals surface area (Å²) in [6, 6.07) is 3.52. The van der Waals surface area contributed by atoms with Crippen LogP contribution in [0, 0.1) is 6.92 Å². The van der Waals surface area contributed by atoms with Crippen LogP contribution in [0.2, 0.25) is 0 Å². The third-order valence-corrected chi connectivity index (χ3v) is 2.83. The Hall–Kier alpha value is -1.75. The molecule has 100 valence electrons. The van der Waals surface area contributed by atoms with E-state index in [1.807, 2.05) is 6.92 Å². The molecule has 1 aromatic rings. The predicted octanol–water partition coefficient (Wildman–Crippen LogP) is 1.40. The number of methoxy groups -OCH3 is 2. The summed E-state index contributed by atoms with van der Waals surface area (Å²) in [5.41, 5.74) is 1.52. The van der Waals surface area contributed by atoms with Gasteiger partial charge in [-0.2, -0.15) is 0 Å². The number of rotatable bonds is 6. The van der Waals surface area contributed by atoms with E-state index in [0.29, 0.717) is 23.6 Å². The van der Waals surface area contributed by atoms with Gasteiger partial charge in [0.05, 0.1) is 20.1 Å². The van der Waals surface area contributed by atoms with E-state index in [9.17, 15) is 9.90 Å². The summed E-state index contributed by atoms with van der Waals surface area (Å²) < 4.78 is 10.5. The number of carboxylic acids is 1. The Labute approximate surface area is 107 Å². The maximum atomic E-state index is 11.3. The Morgan fingerprint density at radius 2 is 1.94 bits per heavy atom. The van der Waals surface area contributed by atoms with Gasteiger partial charge >= 0.3 is 5.97 Å². The maximum Gasteiger partial charge on any atom is 0.312 e. The van der Waals surface area contributed by atoms with Gasteiger partial charge < -0.3 is 19.9 Å². The Morgan fingerprint density at radius 1 is 1.33 bits per heavy atom. The average molecular weight is 253 g/mol. The molecule has 0 spiro atoms. The molecular formula is C13H19NO4. The third-order valence-electron chi connectivity index (χ3n) is 2.83. The molecule has 1 aromatic carbocycles. The highest BCUT2D eigenvalue weighted by atomic mass is 16.5. The zero-order valence-electron chi connectivity index (χ0n) is 11.1. The van der Waals surface area contributed by atoms with Gasteiger partial charge in [0.25, 0.3) is 0 Å². The van der Waals surface area contributed by atoms with Gasteiger partial charge in [-0.1, -0.05) is 0 Å². The number of likely N-dealkylation sites (N-methyl/N-ethyl adjacent to an activating group) is 1. The first-order valence-electron chi connectivity index (χ1n) is 5.65. The lowest BCUT2D eigenvalue weighted by molar-refractivity contribution is -0.138. The van der Waals surface area contributed by atoms with Crippen molar-refractivity contribution in [1.29, 1.82) is 0 Å². The fourth-order valence-corrected chi connectivity index (χ4v) is 1.88. The summed E-state index contributed by atoms with van der Waals surface area (Å²) in [6.07, 6.45) is 0. The molecule has 18 heavy (non-hydrogen) atoms. The van der Waals surface area contributed by atoms with Crippen LogP contribution in [0.1, 0.15) is 17.0 Å². The minimum atomic E-state index is -0.895. The SMILES string of the molecule is CNCC(C(=O)O)c1cc(OC)c(C)cc1OC. The fourth-order valence-electron chi connectivity index (χ4n) is 1.88. The minimum Gasteiger partial charge on any atom is -0.496 e. The lowest BCUT2D eigenvalue weighted by Crippen LogP contribution is -2.24. The summed E-state index contributed by atoms with van der Waals surface area (Å²) in [7, 11) is 4.81. The molecule has 0 fully saturated rings. The van der Waals surface area contributed by atoms with Crippen LogP contribution < -0.4 is 14.8 Å². The van der Waals surface area contributed by atoms with Gasteiger partial charge in [-0.25, -0.2) is 0 Å². The topological polar surface area (TPSA) is 67.8 Å². The summed E-state index contributed by atoms with van der Waals surface area (Å²) in [6.45, 7) is 2.22. The number of ether oxygens (including phenoxy) is 2. The summed E-state index contributed by atoms with van der Waals surface area (Å²) >= 11 is 0.